The first-order valence-corrected chi connectivity index (χ1v) is 8.50. The summed E-state index contributed by atoms with van der Waals surface area (Å²) < 4.78 is 5.38. The molecule has 1 fully saturated rings. The predicted molar refractivity (Wildman–Crippen MR) is 98.3 cm³/mol. The fourth-order valence-corrected chi connectivity index (χ4v) is 2.97. The van der Waals surface area contributed by atoms with E-state index in [4.69, 9.17) is 9.72 Å². The summed E-state index contributed by atoms with van der Waals surface area (Å²) in [5, 5.41) is 16.0. The monoisotopic (exact) mass is 337 g/mol. The molecule has 0 bridgehead atoms. The fourth-order valence-electron chi connectivity index (χ4n) is 2.97. The molecular weight excluding hydrogens is 314 g/mol. The quantitative estimate of drug-likeness (QED) is 0.871. The summed E-state index contributed by atoms with van der Waals surface area (Å²) in [4.78, 5) is 9.04. The molecule has 0 saturated carbocycles. The van der Waals surface area contributed by atoms with Gasteiger partial charge in [0.25, 0.3) is 0 Å². The van der Waals surface area contributed by atoms with Gasteiger partial charge in [-0.05, 0) is 43.5 Å². The molecule has 6 heteroatoms. The fraction of sp³-hybridized carbons (Fsp3) is 0.421. The van der Waals surface area contributed by atoms with Gasteiger partial charge < -0.3 is 15.4 Å². The predicted octanol–water partition coefficient (Wildman–Crippen LogP) is 3.23. The van der Waals surface area contributed by atoms with Crippen molar-refractivity contribution in [2.24, 2.45) is 5.41 Å². The smallest absolute Gasteiger partial charge is 0.126 e. The zero-order valence-corrected chi connectivity index (χ0v) is 14.7. The Hall–Kier alpha value is -2.65. The minimum absolute atomic E-state index is 0.373. The normalized spacial score (nSPS) is 16.0. The number of hydrogen-bond acceptors (Lipinski definition) is 6. The van der Waals surface area contributed by atoms with Crippen LogP contribution in [0.4, 0.5) is 11.6 Å². The summed E-state index contributed by atoms with van der Waals surface area (Å²) in [5.74, 6) is 1.59. The van der Waals surface area contributed by atoms with Crippen LogP contribution in [0.3, 0.4) is 0 Å². The van der Waals surface area contributed by atoms with E-state index < -0.39 is 0 Å². The molecule has 0 radical (unpaired) electrons. The molecule has 0 aromatic carbocycles. The molecule has 0 unspecified atom stereocenters. The summed E-state index contributed by atoms with van der Waals surface area (Å²) in [6, 6.07) is 10.4. The highest BCUT2D eigenvalue weighted by Crippen LogP contribution is 2.30. The number of aromatic nitrogens is 2. The number of hydrogen-bond donors (Lipinski definition) is 2. The second-order valence-electron chi connectivity index (χ2n) is 6.40. The van der Waals surface area contributed by atoms with Crippen LogP contribution in [0.25, 0.3) is 11.3 Å². The summed E-state index contributed by atoms with van der Waals surface area (Å²) in [6.45, 7) is 3.90. The minimum Gasteiger partial charge on any atom is -0.381 e. The summed E-state index contributed by atoms with van der Waals surface area (Å²) in [5.41, 5.74) is 2.63. The molecule has 25 heavy (non-hydrogen) atoms. The lowest BCUT2D eigenvalue weighted by Gasteiger charge is -2.30. The lowest BCUT2D eigenvalue weighted by Crippen LogP contribution is -2.34. The maximum absolute atomic E-state index is 9.57. The Bertz CT molecular complexity index is 778. The number of nitrogens with one attached hydrogen (secondary N) is 2. The Morgan fingerprint density at radius 2 is 2.08 bits per heavy atom. The average Bonchev–Trinajstić information content (AvgIpc) is 2.68. The maximum Gasteiger partial charge on any atom is 0.126 e. The van der Waals surface area contributed by atoms with Crippen LogP contribution in [0.5, 0.6) is 0 Å². The molecule has 0 spiro atoms. The van der Waals surface area contributed by atoms with Crippen LogP contribution in [0.1, 0.15) is 18.4 Å². The first-order chi connectivity index (χ1) is 12.2. The average molecular weight is 337 g/mol. The molecule has 130 valence electrons. The molecule has 2 aromatic rings. The molecule has 2 aromatic heterocycles. The number of ether oxygens (including phenoxy) is 1. The van der Waals surface area contributed by atoms with Crippen molar-refractivity contribution < 1.29 is 4.74 Å². The second-order valence-corrected chi connectivity index (χ2v) is 6.40. The van der Waals surface area contributed by atoms with Crippen molar-refractivity contribution in [3.05, 3.63) is 36.0 Å². The lowest BCUT2D eigenvalue weighted by molar-refractivity contribution is 0.0456. The van der Waals surface area contributed by atoms with E-state index >= 15 is 0 Å². The van der Waals surface area contributed by atoms with Gasteiger partial charge >= 0.3 is 0 Å². The largest absolute Gasteiger partial charge is 0.381 e. The first kappa shape index (κ1) is 17.2. The number of pyridine rings is 2. The van der Waals surface area contributed by atoms with Gasteiger partial charge in [-0.2, -0.15) is 5.26 Å². The number of rotatable bonds is 5. The Morgan fingerprint density at radius 3 is 2.80 bits per heavy atom. The van der Waals surface area contributed by atoms with E-state index in [1.807, 2.05) is 44.4 Å². The van der Waals surface area contributed by atoms with Gasteiger partial charge in [-0.15, -0.1) is 0 Å². The summed E-state index contributed by atoms with van der Waals surface area (Å²) in [7, 11) is 1.85. The van der Waals surface area contributed by atoms with Gasteiger partial charge in [0.1, 0.15) is 11.6 Å². The van der Waals surface area contributed by atoms with Crippen LogP contribution in [0.2, 0.25) is 0 Å². The van der Waals surface area contributed by atoms with Crippen LogP contribution in [0, 0.1) is 23.7 Å². The number of anilines is 2. The summed E-state index contributed by atoms with van der Waals surface area (Å²) >= 11 is 0. The molecule has 3 rings (SSSR count). The van der Waals surface area contributed by atoms with E-state index in [1.54, 1.807) is 0 Å². The van der Waals surface area contributed by atoms with Crippen LogP contribution >= 0.6 is 0 Å². The molecule has 1 aliphatic heterocycles. The van der Waals surface area contributed by atoms with Gasteiger partial charge in [0, 0.05) is 38.6 Å². The first-order valence-electron chi connectivity index (χ1n) is 8.50. The van der Waals surface area contributed by atoms with Crippen LogP contribution < -0.4 is 10.6 Å². The molecule has 1 saturated heterocycles. The van der Waals surface area contributed by atoms with Gasteiger partial charge in [0.05, 0.1) is 17.2 Å². The van der Waals surface area contributed by atoms with E-state index in [0.717, 1.165) is 41.3 Å². The molecule has 1 aliphatic rings. The molecule has 6 nitrogen and oxygen atoms in total. The Kier molecular flexibility index (Phi) is 5.15. The zero-order chi connectivity index (χ0) is 17.7. The van der Waals surface area contributed by atoms with E-state index in [2.05, 4.69) is 21.7 Å². The van der Waals surface area contributed by atoms with E-state index in [9.17, 15) is 5.26 Å². The Morgan fingerprint density at radius 1 is 1.28 bits per heavy atom. The van der Waals surface area contributed by atoms with Gasteiger partial charge in [-0.3, -0.25) is 0 Å². The lowest BCUT2D eigenvalue weighted by atomic mass is 9.82. The maximum atomic E-state index is 9.57. The zero-order valence-electron chi connectivity index (χ0n) is 14.7. The highest BCUT2D eigenvalue weighted by atomic mass is 16.5. The molecule has 0 amide bonds. The Balaban J connectivity index is 1.79. The topological polar surface area (TPSA) is 82.9 Å². The third-order valence-electron chi connectivity index (χ3n) is 4.68. The number of aryl methyl sites for hydroxylation is 1. The number of nitriles is 1. The van der Waals surface area contributed by atoms with Crippen molar-refractivity contribution in [2.75, 3.05) is 37.4 Å². The molecule has 3 heterocycles. The van der Waals surface area contributed by atoms with Crippen molar-refractivity contribution in [1.82, 2.24) is 9.97 Å². The minimum atomic E-state index is -0.373. The van der Waals surface area contributed by atoms with Gasteiger partial charge in [0.2, 0.25) is 0 Å². The standard InChI is InChI=1S/C19H23N5O/c1-14-11-22-18(21-2)10-15(14)16-4-3-5-17(24-16)23-13-19(12-20)6-8-25-9-7-19/h3-5,10-11H,6-9,13H2,1-2H3,(H,21,22)(H,23,24). The highest BCUT2D eigenvalue weighted by Gasteiger charge is 2.32. The molecular formula is C19H23N5O. The third kappa shape index (κ3) is 3.89. The highest BCUT2D eigenvalue weighted by molar-refractivity contribution is 5.67. The van der Waals surface area contributed by atoms with Crippen molar-refractivity contribution in [2.45, 2.75) is 19.8 Å². The van der Waals surface area contributed by atoms with Gasteiger partial charge in [-0.25, -0.2) is 9.97 Å². The van der Waals surface area contributed by atoms with Crippen molar-refractivity contribution >= 4 is 11.6 Å². The van der Waals surface area contributed by atoms with Crippen LogP contribution in [0.15, 0.2) is 30.5 Å². The van der Waals surface area contributed by atoms with Crippen molar-refractivity contribution in [1.29, 1.82) is 5.26 Å². The SMILES string of the molecule is CNc1cc(-c2cccc(NCC3(C#N)CCOCC3)n2)c(C)cn1. The summed E-state index contributed by atoms with van der Waals surface area (Å²) in [6.07, 6.45) is 3.35. The van der Waals surface area contributed by atoms with Crippen LogP contribution in [-0.2, 0) is 4.74 Å². The van der Waals surface area contributed by atoms with E-state index in [-0.39, 0.29) is 5.41 Å². The molecule has 0 aliphatic carbocycles. The third-order valence-corrected chi connectivity index (χ3v) is 4.68. The van der Waals surface area contributed by atoms with Crippen molar-refractivity contribution in [3.8, 4) is 17.3 Å². The van der Waals surface area contributed by atoms with Crippen LogP contribution in [-0.4, -0.2) is 36.8 Å². The van der Waals surface area contributed by atoms with Gasteiger partial charge in [-0.1, -0.05) is 6.07 Å². The molecule has 2 N–H and O–H groups in total. The van der Waals surface area contributed by atoms with Crippen molar-refractivity contribution in [3.63, 3.8) is 0 Å². The van der Waals surface area contributed by atoms with E-state index in [1.165, 1.54) is 0 Å². The second kappa shape index (κ2) is 7.49. The van der Waals surface area contributed by atoms with E-state index in [0.29, 0.717) is 19.8 Å². The van der Waals surface area contributed by atoms with Gasteiger partial charge in [0.15, 0.2) is 0 Å². The number of nitrogens with zero attached hydrogens (tertiary/aromatic N) is 3. The molecule has 0 atom stereocenters. The Labute approximate surface area is 148 Å².